The van der Waals surface area contributed by atoms with Gasteiger partial charge in [0.1, 0.15) is 18.0 Å². The summed E-state index contributed by atoms with van der Waals surface area (Å²) >= 11 is 1.71. The van der Waals surface area contributed by atoms with Gasteiger partial charge in [0.05, 0.1) is 17.4 Å². The van der Waals surface area contributed by atoms with Gasteiger partial charge in [0.25, 0.3) is 0 Å². The highest BCUT2D eigenvalue weighted by atomic mass is 32.1. The molecule has 3 heterocycles. The molecule has 0 saturated carbocycles. The zero-order valence-corrected chi connectivity index (χ0v) is 10.3. The lowest BCUT2D eigenvalue weighted by molar-refractivity contribution is 1.12. The SMILES string of the molecule is Nc1cc2ncnc(NCc3cccs3)c2cn1. The van der Waals surface area contributed by atoms with Crippen LogP contribution in [-0.2, 0) is 6.54 Å². The number of anilines is 2. The summed E-state index contributed by atoms with van der Waals surface area (Å²) in [6, 6.07) is 5.85. The number of nitrogen functional groups attached to an aromatic ring is 1. The summed E-state index contributed by atoms with van der Waals surface area (Å²) in [6.07, 6.45) is 3.22. The number of nitrogens with two attached hydrogens (primary N) is 1. The molecule has 0 aliphatic carbocycles. The van der Waals surface area contributed by atoms with Crippen molar-refractivity contribution in [2.24, 2.45) is 0 Å². The van der Waals surface area contributed by atoms with Crippen LogP contribution in [0.2, 0.25) is 0 Å². The first kappa shape index (κ1) is 10.9. The van der Waals surface area contributed by atoms with Crippen molar-refractivity contribution in [2.45, 2.75) is 6.54 Å². The molecule has 3 aromatic heterocycles. The number of rotatable bonds is 3. The Morgan fingerprint density at radius 3 is 3.06 bits per heavy atom. The highest BCUT2D eigenvalue weighted by Gasteiger charge is 2.04. The standard InChI is InChI=1S/C12H11N5S/c13-11-4-10-9(6-14-11)12(17-7-16-10)15-5-8-2-1-3-18-8/h1-4,6-7H,5H2,(H2,13,14)(H,15,16,17). The molecule has 0 saturated heterocycles. The van der Waals surface area contributed by atoms with Crippen molar-refractivity contribution >= 4 is 33.9 Å². The predicted molar refractivity (Wildman–Crippen MR) is 73.4 cm³/mol. The molecule has 0 spiro atoms. The van der Waals surface area contributed by atoms with E-state index in [1.54, 1.807) is 23.6 Å². The minimum absolute atomic E-state index is 0.463. The van der Waals surface area contributed by atoms with Gasteiger partial charge in [-0.3, -0.25) is 0 Å². The molecule has 0 fully saturated rings. The topological polar surface area (TPSA) is 76.7 Å². The smallest absolute Gasteiger partial charge is 0.139 e. The quantitative estimate of drug-likeness (QED) is 0.752. The molecule has 90 valence electrons. The Morgan fingerprint density at radius 1 is 1.28 bits per heavy atom. The minimum Gasteiger partial charge on any atom is -0.384 e. The van der Waals surface area contributed by atoms with Crippen LogP contribution in [0.25, 0.3) is 10.9 Å². The zero-order valence-electron chi connectivity index (χ0n) is 9.50. The Morgan fingerprint density at radius 2 is 2.22 bits per heavy atom. The van der Waals surface area contributed by atoms with Gasteiger partial charge in [0, 0.05) is 17.1 Å². The van der Waals surface area contributed by atoms with Gasteiger partial charge < -0.3 is 11.1 Å². The molecule has 3 aromatic rings. The second-order valence-electron chi connectivity index (χ2n) is 3.78. The van der Waals surface area contributed by atoms with Gasteiger partial charge in [0.2, 0.25) is 0 Å². The summed E-state index contributed by atoms with van der Waals surface area (Å²) in [6.45, 7) is 0.744. The maximum absolute atomic E-state index is 5.63. The van der Waals surface area contributed by atoms with Crippen molar-refractivity contribution in [1.82, 2.24) is 15.0 Å². The summed E-state index contributed by atoms with van der Waals surface area (Å²) in [5.74, 6) is 1.24. The van der Waals surface area contributed by atoms with E-state index in [1.165, 1.54) is 11.2 Å². The van der Waals surface area contributed by atoms with Crippen molar-refractivity contribution < 1.29 is 0 Å². The Kier molecular flexibility index (Phi) is 2.77. The lowest BCUT2D eigenvalue weighted by Crippen LogP contribution is -2.02. The van der Waals surface area contributed by atoms with Crippen molar-refractivity contribution in [3.8, 4) is 0 Å². The van der Waals surface area contributed by atoms with Crippen LogP contribution in [0.3, 0.4) is 0 Å². The molecule has 0 atom stereocenters. The van der Waals surface area contributed by atoms with E-state index < -0.39 is 0 Å². The molecule has 0 aliphatic rings. The van der Waals surface area contributed by atoms with E-state index in [-0.39, 0.29) is 0 Å². The summed E-state index contributed by atoms with van der Waals surface area (Å²) in [7, 11) is 0. The van der Waals surface area contributed by atoms with Crippen LogP contribution < -0.4 is 11.1 Å². The minimum atomic E-state index is 0.463. The van der Waals surface area contributed by atoms with E-state index in [9.17, 15) is 0 Å². The third-order valence-electron chi connectivity index (χ3n) is 2.55. The first-order valence-corrected chi connectivity index (χ1v) is 6.33. The van der Waals surface area contributed by atoms with Crippen LogP contribution in [-0.4, -0.2) is 15.0 Å². The van der Waals surface area contributed by atoms with Gasteiger partial charge in [-0.25, -0.2) is 15.0 Å². The van der Waals surface area contributed by atoms with Crippen LogP contribution in [0.5, 0.6) is 0 Å². The molecule has 0 aromatic carbocycles. The Bertz CT molecular complexity index is 665. The lowest BCUT2D eigenvalue weighted by Gasteiger charge is -2.06. The summed E-state index contributed by atoms with van der Waals surface area (Å²) in [5.41, 5.74) is 6.43. The second-order valence-corrected chi connectivity index (χ2v) is 4.81. The van der Waals surface area contributed by atoms with Crippen molar-refractivity contribution in [1.29, 1.82) is 0 Å². The molecule has 3 rings (SSSR count). The highest BCUT2D eigenvalue weighted by Crippen LogP contribution is 2.20. The maximum Gasteiger partial charge on any atom is 0.139 e. The molecule has 5 nitrogen and oxygen atoms in total. The second kappa shape index (κ2) is 4.58. The van der Waals surface area contributed by atoms with Crippen molar-refractivity contribution in [3.05, 3.63) is 41.0 Å². The monoisotopic (exact) mass is 257 g/mol. The van der Waals surface area contributed by atoms with Gasteiger partial charge in [0.15, 0.2) is 0 Å². The van der Waals surface area contributed by atoms with Crippen LogP contribution >= 0.6 is 11.3 Å². The largest absolute Gasteiger partial charge is 0.384 e. The van der Waals surface area contributed by atoms with Crippen LogP contribution in [0.1, 0.15) is 4.88 Å². The van der Waals surface area contributed by atoms with Gasteiger partial charge in [-0.15, -0.1) is 11.3 Å². The number of hydrogen-bond donors (Lipinski definition) is 2. The summed E-state index contributed by atoms with van der Waals surface area (Å²) in [5, 5.41) is 6.22. The lowest BCUT2D eigenvalue weighted by atomic mass is 10.3. The molecule has 0 amide bonds. The molecule has 0 aliphatic heterocycles. The third kappa shape index (κ3) is 2.10. The van der Waals surface area contributed by atoms with Gasteiger partial charge in [-0.2, -0.15) is 0 Å². The maximum atomic E-state index is 5.63. The van der Waals surface area contributed by atoms with E-state index in [4.69, 9.17) is 5.73 Å². The number of nitrogens with one attached hydrogen (secondary N) is 1. The van der Waals surface area contributed by atoms with E-state index in [2.05, 4.69) is 31.7 Å². The van der Waals surface area contributed by atoms with Crippen molar-refractivity contribution in [2.75, 3.05) is 11.1 Å². The number of nitrogens with zero attached hydrogens (tertiary/aromatic N) is 3. The van der Waals surface area contributed by atoms with Crippen LogP contribution in [0.4, 0.5) is 11.6 Å². The molecule has 0 radical (unpaired) electrons. The average molecular weight is 257 g/mol. The molecule has 0 bridgehead atoms. The Hall–Kier alpha value is -2.21. The third-order valence-corrected chi connectivity index (χ3v) is 3.43. The fraction of sp³-hybridized carbons (Fsp3) is 0.0833. The van der Waals surface area contributed by atoms with Gasteiger partial charge in [-0.1, -0.05) is 6.07 Å². The van der Waals surface area contributed by atoms with E-state index >= 15 is 0 Å². The van der Waals surface area contributed by atoms with E-state index in [0.717, 1.165) is 23.3 Å². The Balaban J connectivity index is 1.92. The summed E-state index contributed by atoms with van der Waals surface area (Å²) < 4.78 is 0. The molecule has 18 heavy (non-hydrogen) atoms. The molecular formula is C12H11N5S. The predicted octanol–water partition coefficient (Wildman–Crippen LogP) is 2.28. The van der Waals surface area contributed by atoms with Gasteiger partial charge >= 0.3 is 0 Å². The van der Waals surface area contributed by atoms with Crippen LogP contribution in [0, 0.1) is 0 Å². The number of fused-ring (bicyclic) bond motifs is 1. The number of aromatic nitrogens is 3. The van der Waals surface area contributed by atoms with Gasteiger partial charge in [-0.05, 0) is 11.4 Å². The number of thiophene rings is 1. The summed E-state index contributed by atoms with van der Waals surface area (Å²) in [4.78, 5) is 13.7. The van der Waals surface area contributed by atoms with Crippen molar-refractivity contribution in [3.63, 3.8) is 0 Å². The fourth-order valence-electron chi connectivity index (χ4n) is 1.69. The van der Waals surface area contributed by atoms with E-state index in [1.807, 2.05) is 6.07 Å². The fourth-order valence-corrected chi connectivity index (χ4v) is 2.34. The first-order valence-electron chi connectivity index (χ1n) is 5.45. The van der Waals surface area contributed by atoms with Crippen LogP contribution in [0.15, 0.2) is 36.1 Å². The number of hydrogen-bond acceptors (Lipinski definition) is 6. The first-order chi connectivity index (χ1) is 8.83. The molecule has 0 unspecified atom stereocenters. The molecule has 6 heteroatoms. The van der Waals surface area contributed by atoms with E-state index in [0.29, 0.717) is 5.82 Å². The Labute approximate surface area is 108 Å². The normalized spacial score (nSPS) is 10.7. The molecular weight excluding hydrogens is 246 g/mol. The molecule has 3 N–H and O–H groups in total. The average Bonchev–Trinajstić information content (AvgIpc) is 2.89. The zero-order chi connectivity index (χ0) is 12.4. The highest BCUT2D eigenvalue weighted by molar-refractivity contribution is 7.09. The number of pyridine rings is 1.